The highest BCUT2D eigenvalue weighted by atomic mass is 35.5. The maximum Gasteiger partial charge on any atom is 0.217 e. The van der Waals surface area contributed by atoms with Crippen LogP contribution in [0.2, 0.25) is 0 Å². The molecule has 0 unspecified atom stereocenters. The summed E-state index contributed by atoms with van der Waals surface area (Å²) in [6.07, 6.45) is 1.15. The van der Waals surface area contributed by atoms with E-state index >= 15 is 0 Å². The molecule has 0 saturated heterocycles. The van der Waals surface area contributed by atoms with Crippen molar-refractivity contribution >= 4 is 12.4 Å². The largest absolute Gasteiger partial charge is 0.481 e. The Bertz CT molecular complexity index is 284. The van der Waals surface area contributed by atoms with E-state index in [1.54, 1.807) is 0 Å². The van der Waals surface area contributed by atoms with Gasteiger partial charge in [0.05, 0.1) is 13.3 Å². The number of aromatic nitrogens is 1. The number of hydrogen-bond acceptors (Lipinski definition) is 3. The van der Waals surface area contributed by atoms with Gasteiger partial charge in [0.25, 0.3) is 0 Å². The fraction of sp³-hybridized carbons (Fsp3) is 0.444. The summed E-state index contributed by atoms with van der Waals surface area (Å²) in [5.41, 5.74) is 0.740. The first kappa shape index (κ1) is 13.1. The van der Waals surface area contributed by atoms with E-state index in [1.807, 2.05) is 6.92 Å². The molecule has 1 N–H and O–H groups in total. The molecular weight excluding hydrogens is 207 g/mol. The van der Waals surface area contributed by atoms with E-state index in [-0.39, 0.29) is 18.2 Å². The number of ether oxygens (including phenoxy) is 1. The van der Waals surface area contributed by atoms with Gasteiger partial charge < -0.3 is 10.1 Å². The highest BCUT2D eigenvalue weighted by molar-refractivity contribution is 5.85. The van der Waals surface area contributed by atoms with Gasteiger partial charge in [-0.25, -0.2) is 9.37 Å². The highest BCUT2D eigenvalue weighted by Gasteiger charge is 2.04. The first-order valence-corrected chi connectivity index (χ1v) is 4.17. The summed E-state index contributed by atoms with van der Waals surface area (Å²) in [5.74, 6) is 0.135. The number of hydrogen-bond donors (Lipinski definition) is 1. The minimum atomic E-state index is -0.339. The van der Waals surface area contributed by atoms with Crippen LogP contribution in [0, 0.1) is 5.82 Å². The van der Waals surface area contributed by atoms with Crippen LogP contribution in [-0.2, 0) is 6.54 Å². The van der Waals surface area contributed by atoms with Crippen LogP contribution < -0.4 is 10.1 Å². The molecule has 0 amide bonds. The lowest BCUT2D eigenvalue weighted by Gasteiger charge is -2.06. The summed E-state index contributed by atoms with van der Waals surface area (Å²) in [7, 11) is 1.52. The van der Waals surface area contributed by atoms with Crippen molar-refractivity contribution in [2.45, 2.75) is 13.5 Å². The smallest absolute Gasteiger partial charge is 0.217 e. The number of halogens is 2. The monoisotopic (exact) mass is 220 g/mol. The van der Waals surface area contributed by atoms with Crippen molar-refractivity contribution in [1.29, 1.82) is 0 Å². The average molecular weight is 221 g/mol. The third kappa shape index (κ3) is 3.47. The van der Waals surface area contributed by atoms with E-state index in [1.165, 1.54) is 13.2 Å². The van der Waals surface area contributed by atoms with Gasteiger partial charge in [-0.2, -0.15) is 0 Å². The Morgan fingerprint density at radius 1 is 1.57 bits per heavy atom. The Morgan fingerprint density at radius 3 is 2.86 bits per heavy atom. The maximum atomic E-state index is 12.8. The lowest BCUT2D eigenvalue weighted by molar-refractivity contribution is 0.388. The van der Waals surface area contributed by atoms with Crippen molar-refractivity contribution in [3.63, 3.8) is 0 Å². The van der Waals surface area contributed by atoms with E-state index in [2.05, 4.69) is 10.3 Å². The topological polar surface area (TPSA) is 34.2 Å². The molecule has 0 atom stereocenters. The summed E-state index contributed by atoms with van der Waals surface area (Å²) in [6, 6.07) is 1.43. The van der Waals surface area contributed by atoms with Crippen LogP contribution in [0.15, 0.2) is 12.3 Å². The summed E-state index contributed by atoms with van der Waals surface area (Å²) in [5, 5.41) is 3.08. The van der Waals surface area contributed by atoms with Gasteiger partial charge in [0.15, 0.2) is 0 Å². The summed E-state index contributed by atoms with van der Waals surface area (Å²) in [4.78, 5) is 3.81. The van der Waals surface area contributed by atoms with Gasteiger partial charge >= 0.3 is 0 Å². The predicted octanol–water partition coefficient (Wildman–Crippen LogP) is 1.76. The van der Waals surface area contributed by atoms with Crippen LogP contribution >= 0.6 is 12.4 Å². The zero-order valence-corrected chi connectivity index (χ0v) is 9.03. The molecule has 0 aromatic carbocycles. The summed E-state index contributed by atoms with van der Waals surface area (Å²) in [6.45, 7) is 3.39. The van der Waals surface area contributed by atoms with Crippen LogP contribution in [0.4, 0.5) is 4.39 Å². The standard InChI is InChI=1S/C9H13FN2O.ClH/c1-3-11-5-7-4-8(10)6-12-9(7)13-2;/h4,6,11H,3,5H2,1-2H3;1H. The van der Waals surface area contributed by atoms with Crippen LogP contribution in [0.1, 0.15) is 12.5 Å². The van der Waals surface area contributed by atoms with E-state index in [0.717, 1.165) is 18.3 Å². The molecule has 0 bridgehead atoms. The van der Waals surface area contributed by atoms with Gasteiger partial charge in [0.1, 0.15) is 5.82 Å². The van der Waals surface area contributed by atoms with Crippen LogP contribution in [-0.4, -0.2) is 18.6 Å². The van der Waals surface area contributed by atoms with Gasteiger partial charge in [0.2, 0.25) is 5.88 Å². The van der Waals surface area contributed by atoms with Crippen molar-refractivity contribution in [1.82, 2.24) is 10.3 Å². The van der Waals surface area contributed by atoms with Crippen LogP contribution in [0.5, 0.6) is 5.88 Å². The molecule has 0 aliphatic rings. The minimum absolute atomic E-state index is 0. The Kier molecular flexibility index (Phi) is 6.16. The van der Waals surface area contributed by atoms with Gasteiger partial charge in [-0.05, 0) is 12.6 Å². The van der Waals surface area contributed by atoms with Crippen LogP contribution in [0.3, 0.4) is 0 Å². The van der Waals surface area contributed by atoms with Crippen molar-refractivity contribution in [3.05, 3.63) is 23.6 Å². The molecule has 1 aromatic rings. The Labute approximate surface area is 89.1 Å². The second kappa shape index (κ2) is 6.56. The van der Waals surface area contributed by atoms with Crippen LogP contribution in [0.25, 0.3) is 0 Å². The molecule has 0 aliphatic heterocycles. The number of methoxy groups -OCH3 is 1. The van der Waals surface area contributed by atoms with Gasteiger partial charge in [-0.15, -0.1) is 12.4 Å². The number of rotatable bonds is 4. The molecule has 14 heavy (non-hydrogen) atoms. The fourth-order valence-electron chi connectivity index (χ4n) is 1.04. The first-order valence-electron chi connectivity index (χ1n) is 4.17. The van der Waals surface area contributed by atoms with Crippen molar-refractivity contribution in [2.75, 3.05) is 13.7 Å². The molecular formula is C9H14ClFN2O. The van der Waals surface area contributed by atoms with E-state index in [4.69, 9.17) is 4.74 Å². The normalized spacial score (nSPS) is 9.36. The van der Waals surface area contributed by atoms with Gasteiger partial charge in [0, 0.05) is 12.1 Å². The van der Waals surface area contributed by atoms with Gasteiger partial charge in [-0.1, -0.05) is 6.92 Å². The number of nitrogens with one attached hydrogen (secondary N) is 1. The second-order valence-electron chi connectivity index (χ2n) is 2.60. The lowest BCUT2D eigenvalue weighted by Crippen LogP contribution is -2.13. The molecule has 0 radical (unpaired) electrons. The number of pyridine rings is 1. The van der Waals surface area contributed by atoms with E-state index in [9.17, 15) is 4.39 Å². The minimum Gasteiger partial charge on any atom is -0.481 e. The quantitative estimate of drug-likeness (QED) is 0.840. The van der Waals surface area contributed by atoms with Gasteiger partial charge in [-0.3, -0.25) is 0 Å². The maximum absolute atomic E-state index is 12.8. The zero-order valence-electron chi connectivity index (χ0n) is 8.21. The van der Waals surface area contributed by atoms with Crippen molar-refractivity contribution < 1.29 is 9.13 Å². The SMILES string of the molecule is CCNCc1cc(F)cnc1OC.Cl. The van der Waals surface area contributed by atoms with Crippen molar-refractivity contribution in [2.24, 2.45) is 0 Å². The first-order chi connectivity index (χ1) is 6.27. The molecule has 1 aromatic heterocycles. The molecule has 0 spiro atoms. The lowest BCUT2D eigenvalue weighted by atomic mass is 10.2. The molecule has 1 heterocycles. The molecule has 0 fully saturated rings. The summed E-state index contributed by atoms with van der Waals surface area (Å²) < 4.78 is 17.7. The Morgan fingerprint density at radius 2 is 2.29 bits per heavy atom. The fourth-order valence-corrected chi connectivity index (χ4v) is 1.04. The van der Waals surface area contributed by atoms with E-state index in [0.29, 0.717) is 12.4 Å². The molecule has 3 nitrogen and oxygen atoms in total. The van der Waals surface area contributed by atoms with E-state index < -0.39 is 0 Å². The molecule has 0 aliphatic carbocycles. The molecule has 1 rings (SSSR count). The third-order valence-electron chi connectivity index (χ3n) is 1.65. The molecule has 80 valence electrons. The molecule has 5 heteroatoms. The second-order valence-corrected chi connectivity index (χ2v) is 2.60. The summed E-state index contributed by atoms with van der Waals surface area (Å²) >= 11 is 0. The molecule has 0 saturated carbocycles. The third-order valence-corrected chi connectivity index (χ3v) is 1.65. The highest BCUT2D eigenvalue weighted by Crippen LogP contribution is 2.14. The van der Waals surface area contributed by atoms with Crippen molar-refractivity contribution in [3.8, 4) is 5.88 Å². The zero-order chi connectivity index (χ0) is 9.68. The predicted molar refractivity (Wildman–Crippen MR) is 55.4 cm³/mol. The Balaban J connectivity index is 0.00000169. The number of nitrogens with zero attached hydrogens (tertiary/aromatic N) is 1. The average Bonchev–Trinajstić information content (AvgIpc) is 2.15. The Hall–Kier alpha value is -0.870.